The molecule has 1 heterocycles. The van der Waals surface area contributed by atoms with Crippen LogP contribution in [-0.4, -0.2) is 27.3 Å². The Hall–Kier alpha value is -1.85. The number of benzene rings is 2. The van der Waals surface area contributed by atoms with E-state index in [0.29, 0.717) is 6.54 Å². The van der Waals surface area contributed by atoms with Crippen LogP contribution in [0.4, 0.5) is 0 Å². The van der Waals surface area contributed by atoms with Crippen LogP contribution in [0.5, 0.6) is 5.75 Å². The number of hydrogen-bond donors (Lipinski definition) is 1. The molecule has 0 spiro atoms. The van der Waals surface area contributed by atoms with E-state index < -0.39 is 9.84 Å². The summed E-state index contributed by atoms with van der Waals surface area (Å²) in [5.41, 5.74) is 1.13. The van der Waals surface area contributed by atoms with Crippen LogP contribution in [-0.2, 0) is 16.4 Å². The van der Waals surface area contributed by atoms with Crippen molar-refractivity contribution in [2.24, 2.45) is 0 Å². The van der Waals surface area contributed by atoms with Crippen molar-refractivity contribution in [3.8, 4) is 5.75 Å². The Morgan fingerprint density at radius 1 is 1.19 bits per heavy atom. The zero-order valence-electron chi connectivity index (χ0n) is 11.7. The number of nitrogens with one attached hydrogen (secondary N) is 1. The van der Waals surface area contributed by atoms with Crippen LogP contribution in [0.2, 0.25) is 0 Å². The molecule has 1 atom stereocenters. The largest absolute Gasteiger partial charge is 0.496 e. The number of sulfone groups is 1. The zero-order chi connectivity index (χ0) is 14.9. The summed E-state index contributed by atoms with van der Waals surface area (Å²) in [6.45, 7) is 0.620. The summed E-state index contributed by atoms with van der Waals surface area (Å²) < 4.78 is 28.2. The van der Waals surface area contributed by atoms with Gasteiger partial charge in [-0.15, -0.1) is 0 Å². The van der Waals surface area contributed by atoms with E-state index in [9.17, 15) is 8.42 Å². The van der Waals surface area contributed by atoms with Gasteiger partial charge in [0.05, 0.1) is 12.9 Å². The summed E-state index contributed by atoms with van der Waals surface area (Å²) in [4.78, 5) is 0. The maximum atomic E-state index is 11.4. The quantitative estimate of drug-likeness (QED) is 0.941. The molecule has 0 saturated carbocycles. The molecule has 2 aromatic rings. The van der Waals surface area contributed by atoms with E-state index in [1.807, 2.05) is 30.3 Å². The van der Waals surface area contributed by atoms with Crippen LogP contribution in [0.3, 0.4) is 0 Å². The van der Waals surface area contributed by atoms with Gasteiger partial charge in [0.2, 0.25) is 0 Å². The van der Waals surface area contributed by atoms with Crippen molar-refractivity contribution in [1.29, 1.82) is 0 Å². The smallest absolute Gasteiger partial charge is 0.173 e. The molecule has 0 aromatic heterocycles. The third kappa shape index (κ3) is 2.94. The molecule has 4 nitrogen and oxygen atoms in total. The van der Waals surface area contributed by atoms with Gasteiger partial charge in [0.15, 0.2) is 9.84 Å². The van der Waals surface area contributed by atoms with Crippen molar-refractivity contribution in [2.75, 3.05) is 12.9 Å². The van der Waals surface area contributed by atoms with E-state index in [0.717, 1.165) is 22.1 Å². The van der Waals surface area contributed by atoms with E-state index in [-0.39, 0.29) is 11.8 Å². The lowest BCUT2D eigenvalue weighted by atomic mass is 10.0. The van der Waals surface area contributed by atoms with Crippen molar-refractivity contribution in [3.63, 3.8) is 0 Å². The minimum atomic E-state index is -3.02. The second-order valence-electron chi connectivity index (χ2n) is 5.12. The topological polar surface area (TPSA) is 55.4 Å². The molecular formula is C16H17NO3S. The van der Waals surface area contributed by atoms with Crippen LogP contribution in [0.15, 0.2) is 47.9 Å². The Kier molecular flexibility index (Phi) is 3.69. The Balaban J connectivity index is 1.84. The minimum absolute atomic E-state index is 0.115. The third-order valence-corrected chi connectivity index (χ3v) is 5.07. The van der Waals surface area contributed by atoms with Gasteiger partial charge >= 0.3 is 0 Å². The standard InChI is InChI=1S/C16H17NO3S/c1-20-16-7-6-12(14-4-2-3-5-15(14)16)10-17-13-8-9-21(18,19)11-13/h2-9,13,17H,10-11H2,1H3. The van der Waals surface area contributed by atoms with Gasteiger partial charge in [-0.3, -0.25) is 0 Å². The molecule has 1 aliphatic rings. The average Bonchev–Trinajstić information content (AvgIpc) is 2.84. The van der Waals surface area contributed by atoms with Gasteiger partial charge in [0, 0.05) is 23.4 Å². The second-order valence-corrected chi connectivity index (χ2v) is 7.05. The number of fused-ring (bicyclic) bond motifs is 1. The van der Waals surface area contributed by atoms with Gasteiger partial charge in [-0.2, -0.15) is 0 Å². The van der Waals surface area contributed by atoms with Crippen molar-refractivity contribution >= 4 is 20.6 Å². The molecule has 1 aliphatic heterocycles. The first-order valence-electron chi connectivity index (χ1n) is 6.78. The highest BCUT2D eigenvalue weighted by Gasteiger charge is 2.21. The van der Waals surface area contributed by atoms with Crippen molar-refractivity contribution in [3.05, 3.63) is 53.4 Å². The van der Waals surface area contributed by atoms with E-state index in [4.69, 9.17) is 4.74 Å². The lowest BCUT2D eigenvalue weighted by Crippen LogP contribution is -2.29. The van der Waals surface area contributed by atoms with Gasteiger partial charge in [-0.05, 0) is 17.0 Å². The second kappa shape index (κ2) is 5.50. The van der Waals surface area contributed by atoms with Crippen LogP contribution in [0.25, 0.3) is 10.8 Å². The predicted octanol–water partition coefficient (Wildman–Crippen LogP) is 2.25. The number of rotatable bonds is 4. The molecule has 110 valence electrons. The van der Waals surface area contributed by atoms with Crippen LogP contribution in [0.1, 0.15) is 5.56 Å². The van der Waals surface area contributed by atoms with Crippen LogP contribution < -0.4 is 10.1 Å². The van der Waals surface area contributed by atoms with Crippen molar-refractivity contribution < 1.29 is 13.2 Å². The van der Waals surface area contributed by atoms with E-state index >= 15 is 0 Å². The fraction of sp³-hybridized carbons (Fsp3) is 0.250. The number of ether oxygens (including phenoxy) is 1. The maximum absolute atomic E-state index is 11.4. The molecule has 21 heavy (non-hydrogen) atoms. The molecular weight excluding hydrogens is 286 g/mol. The highest BCUT2D eigenvalue weighted by atomic mass is 32.2. The Morgan fingerprint density at radius 2 is 1.95 bits per heavy atom. The fourth-order valence-electron chi connectivity index (χ4n) is 2.61. The molecule has 1 N–H and O–H groups in total. The van der Waals surface area contributed by atoms with E-state index in [2.05, 4.69) is 11.4 Å². The lowest BCUT2D eigenvalue weighted by Gasteiger charge is -2.13. The normalized spacial score (nSPS) is 20.0. The first-order chi connectivity index (χ1) is 10.1. The SMILES string of the molecule is COc1ccc(CNC2C=CS(=O)(=O)C2)c2ccccc12. The van der Waals surface area contributed by atoms with Gasteiger partial charge in [-0.1, -0.05) is 36.4 Å². The molecule has 0 aliphatic carbocycles. The van der Waals surface area contributed by atoms with Gasteiger partial charge in [-0.25, -0.2) is 8.42 Å². The van der Waals surface area contributed by atoms with Crippen LogP contribution in [0, 0.1) is 0 Å². The summed E-state index contributed by atoms with van der Waals surface area (Å²) in [6.07, 6.45) is 1.71. The highest BCUT2D eigenvalue weighted by Crippen LogP contribution is 2.28. The molecule has 0 radical (unpaired) electrons. The summed E-state index contributed by atoms with van der Waals surface area (Å²) in [5, 5.41) is 6.75. The number of hydrogen-bond acceptors (Lipinski definition) is 4. The molecule has 0 bridgehead atoms. The summed E-state index contributed by atoms with van der Waals surface area (Å²) in [6, 6.07) is 11.9. The molecule has 3 rings (SSSR count). The molecule has 2 aromatic carbocycles. The minimum Gasteiger partial charge on any atom is -0.496 e. The van der Waals surface area contributed by atoms with Gasteiger partial charge in [0.1, 0.15) is 5.75 Å². The van der Waals surface area contributed by atoms with E-state index in [1.54, 1.807) is 13.2 Å². The first kappa shape index (κ1) is 14.1. The Morgan fingerprint density at radius 3 is 2.62 bits per heavy atom. The Bertz CT molecular complexity index is 796. The van der Waals surface area contributed by atoms with Crippen LogP contribution >= 0.6 is 0 Å². The molecule has 1 unspecified atom stereocenters. The lowest BCUT2D eigenvalue weighted by molar-refractivity contribution is 0.419. The molecule has 0 fully saturated rings. The summed E-state index contributed by atoms with van der Waals surface area (Å²) in [5.74, 6) is 0.985. The molecule has 5 heteroatoms. The monoisotopic (exact) mass is 303 g/mol. The first-order valence-corrected chi connectivity index (χ1v) is 8.49. The zero-order valence-corrected chi connectivity index (χ0v) is 12.6. The average molecular weight is 303 g/mol. The van der Waals surface area contributed by atoms with Gasteiger partial charge in [0.25, 0.3) is 0 Å². The highest BCUT2D eigenvalue weighted by molar-refractivity contribution is 7.94. The van der Waals surface area contributed by atoms with Crippen molar-refractivity contribution in [2.45, 2.75) is 12.6 Å². The molecule has 0 amide bonds. The third-order valence-electron chi connectivity index (χ3n) is 3.68. The maximum Gasteiger partial charge on any atom is 0.173 e. The van der Waals surface area contributed by atoms with Crippen molar-refractivity contribution in [1.82, 2.24) is 5.32 Å². The summed E-state index contributed by atoms with van der Waals surface area (Å²) in [7, 11) is -1.36. The summed E-state index contributed by atoms with van der Waals surface area (Å²) >= 11 is 0. The van der Waals surface area contributed by atoms with E-state index in [1.165, 1.54) is 5.41 Å². The Labute approximate surface area is 124 Å². The molecule has 0 saturated heterocycles. The number of methoxy groups -OCH3 is 1. The fourth-order valence-corrected chi connectivity index (χ4v) is 3.88. The predicted molar refractivity (Wildman–Crippen MR) is 84.1 cm³/mol. The van der Waals surface area contributed by atoms with Gasteiger partial charge < -0.3 is 10.1 Å².